The van der Waals surface area contributed by atoms with Crippen molar-refractivity contribution in [2.75, 3.05) is 19.8 Å². The van der Waals surface area contributed by atoms with Gasteiger partial charge in [-0.3, -0.25) is 9.88 Å². The monoisotopic (exact) mass is 291 g/mol. The normalized spacial score (nSPS) is 28.3. The maximum Gasteiger partial charge on any atom is 0.170 e. The Morgan fingerprint density at radius 1 is 1.33 bits per heavy atom. The van der Waals surface area contributed by atoms with Gasteiger partial charge in [-0.1, -0.05) is 6.92 Å². The molecule has 1 aromatic heterocycles. The van der Waals surface area contributed by atoms with Gasteiger partial charge in [-0.2, -0.15) is 0 Å². The SMILES string of the molecule is CCN(Cc1ccncc1)C1CC2(CCC1N)OCCO2. The number of ether oxygens (including phenoxy) is 2. The summed E-state index contributed by atoms with van der Waals surface area (Å²) in [5, 5.41) is 0. The van der Waals surface area contributed by atoms with Crippen LogP contribution in [0.4, 0.5) is 0 Å². The summed E-state index contributed by atoms with van der Waals surface area (Å²) in [7, 11) is 0. The molecular weight excluding hydrogens is 266 g/mol. The molecule has 116 valence electrons. The minimum Gasteiger partial charge on any atom is -0.347 e. The predicted molar refractivity (Wildman–Crippen MR) is 80.6 cm³/mol. The number of hydrogen-bond acceptors (Lipinski definition) is 5. The number of aromatic nitrogens is 1. The fourth-order valence-electron chi connectivity index (χ4n) is 3.50. The molecule has 0 radical (unpaired) electrons. The molecule has 2 heterocycles. The van der Waals surface area contributed by atoms with Gasteiger partial charge in [0.05, 0.1) is 13.2 Å². The van der Waals surface area contributed by atoms with Gasteiger partial charge in [0.1, 0.15) is 0 Å². The van der Waals surface area contributed by atoms with E-state index in [0.29, 0.717) is 19.3 Å². The van der Waals surface area contributed by atoms with Crippen LogP contribution in [0.15, 0.2) is 24.5 Å². The van der Waals surface area contributed by atoms with E-state index in [4.69, 9.17) is 15.2 Å². The Kier molecular flexibility index (Phi) is 4.54. The first-order valence-electron chi connectivity index (χ1n) is 7.89. The van der Waals surface area contributed by atoms with Crippen molar-refractivity contribution in [2.24, 2.45) is 5.73 Å². The minimum atomic E-state index is -0.383. The molecule has 2 atom stereocenters. The van der Waals surface area contributed by atoms with Crippen molar-refractivity contribution in [1.82, 2.24) is 9.88 Å². The molecule has 5 heteroatoms. The van der Waals surface area contributed by atoms with Crippen LogP contribution in [0.1, 0.15) is 31.7 Å². The standard InChI is InChI=1S/C16H25N3O2/c1-2-19(12-13-4-7-18-8-5-13)15-11-16(6-3-14(15)17)20-9-10-21-16/h4-5,7-8,14-15H,2-3,6,9-12,17H2,1H3. The molecule has 2 fully saturated rings. The Bertz CT molecular complexity index is 448. The van der Waals surface area contributed by atoms with Gasteiger partial charge in [-0.15, -0.1) is 0 Å². The lowest BCUT2D eigenvalue weighted by Crippen LogP contribution is -2.56. The molecule has 2 N–H and O–H groups in total. The van der Waals surface area contributed by atoms with Crippen molar-refractivity contribution in [3.8, 4) is 0 Å². The number of pyridine rings is 1. The Morgan fingerprint density at radius 3 is 2.71 bits per heavy atom. The zero-order chi connectivity index (χ0) is 14.7. The molecular formula is C16H25N3O2. The maximum atomic E-state index is 6.39. The number of likely N-dealkylation sites (N-methyl/N-ethyl adjacent to an activating group) is 1. The topological polar surface area (TPSA) is 60.6 Å². The molecule has 0 aromatic carbocycles. The Balaban J connectivity index is 1.72. The smallest absolute Gasteiger partial charge is 0.170 e. The quantitative estimate of drug-likeness (QED) is 0.911. The van der Waals surface area contributed by atoms with Crippen molar-refractivity contribution in [3.63, 3.8) is 0 Å². The van der Waals surface area contributed by atoms with Crippen LogP contribution >= 0.6 is 0 Å². The number of rotatable bonds is 4. The van der Waals surface area contributed by atoms with Gasteiger partial charge in [0.25, 0.3) is 0 Å². The summed E-state index contributed by atoms with van der Waals surface area (Å²) in [5.74, 6) is -0.383. The second-order valence-corrected chi connectivity index (χ2v) is 6.00. The van der Waals surface area contributed by atoms with Gasteiger partial charge in [0, 0.05) is 43.9 Å². The molecule has 2 unspecified atom stereocenters. The summed E-state index contributed by atoms with van der Waals surface area (Å²) in [6.45, 7) is 5.46. The summed E-state index contributed by atoms with van der Waals surface area (Å²) >= 11 is 0. The zero-order valence-electron chi connectivity index (χ0n) is 12.7. The van der Waals surface area contributed by atoms with Crippen LogP contribution in [-0.4, -0.2) is 47.5 Å². The largest absolute Gasteiger partial charge is 0.347 e. The highest BCUT2D eigenvalue weighted by Gasteiger charge is 2.45. The van der Waals surface area contributed by atoms with E-state index in [1.165, 1.54) is 5.56 Å². The van der Waals surface area contributed by atoms with Crippen molar-refractivity contribution in [2.45, 2.75) is 50.6 Å². The second-order valence-electron chi connectivity index (χ2n) is 6.00. The fraction of sp³-hybridized carbons (Fsp3) is 0.688. The van der Waals surface area contributed by atoms with E-state index in [-0.39, 0.29) is 11.8 Å². The summed E-state index contributed by atoms with van der Waals surface area (Å²) in [6, 6.07) is 4.62. The van der Waals surface area contributed by atoms with Gasteiger partial charge in [-0.25, -0.2) is 0 Å². The van der Waals surface area contributed by atoms with Gasteiger partial charge in [0.15, 0.2) is 5.79 Å². The average Bonchev–Trinajstić information content (AvgIpc) is 2.97. The number of nitrogens with zero attached hydrogens (tertiary/aromatic N) is 2. The molecule has 1 saturated carbocycles. The average molecular weight is 291 g/mol. The van der Waals surface area contributed by atoms with Crippen LogP contribution in [0.5, 0.6) is 0 Å². The molecule has 5 nitrogen and oxygen atoms in total. The lowest BCUT2D eigenvalue weighted by Gasteiger charge is -2.44. The third-order valence-corrected chi connectivity index (χ3v) is 4.70. The summed E-state index contributed by atoms with van der Waals surface area (Å²) < 4.78 is 11.8. The van der Waals surface area contributed by atoms with Crippen molar-refractivity contribution in [3.05, 3.63) is 30.1 Å². The molecule has 2 aliphatic rings. The van der Waals surface area contributed by atoms with Crippen LogP contribution in [0, 0.1) is 0 Å². The predicted octanol–water partition coefficient (Wildman–Crippen LogP) is 1.53. The molecule has 0 bridgehead atoms. The van der Waals surface area contributed by atoms with Crippen LogP contribution in [0.3, 0.4) is 0 Å². The van der Waals surface area contributed by atoms with E-state index in [1.807, 2.05) is 12.4 Å². The first kappa shape index (κ1) is 14.9. The van der Waals surface area contributed by atoms with E-state index in [2.05, 4.69) is 28.9 Å². The van der Waals surface area contributed by atoms with Crippen LogP contribution in [0.25, 0.3) is 0 Å². The highest BCUT2D eigenvalue weighted by molar-refractivity contribution is 5.10. The molecule has 0 amide bonds. The molecule has 3 rings (SSSR count). The summed E-state index contributed by atoms with van der Waals surface area (Å²) in [5.41, 5.74) is 7.67. The fourth-order valence-corrected chi connectivity index (χ4v) is 3.50. The third kappa shape index (κ3) is 3.26. The van der Waals surface area contributed by atoms with Gasteiger partial charge in [-0.05, 0) is 30.7 Å². The van der Waals surface area contributed by atoms with Gasteiger partial charge >= 0.3 is 0 Å². The van der Waals surface area contributed by atoms with Crippen molar-refractivity contribution < 1.29 is 9.47 Å². The highest BCUT2D eigenvalue weighted by Crippen LogP contribution is 2.37. The van der Waals surface area contributed by atoms with Crippen LogP contribution in [-0.2, 0) is 16.0 Å². The van der Waals surface area contributed by atoms with E-state index in [0.717, 1.165) is 32.4 Å². The van der Waals surface area contributed by atoms with Crippen molar-refractivity contribution in [1.29, 1.82) is 0 Å². The molecule has 1 aliphatic heterocycles. The lowest BCUT2D eigenvalue weighted by molar-refractivity contribution is -0.192. The molecule has 21 heavy (non-hydrogen) atoms. The number of hydrogen-bond donors (Lipinski definition) is 1. The first-order valence-corrected chi connectivity index (χ1v) is 7.89. The zero-order valence-corrected chi connectivity index (χ0v) is 12.7. The van der Waals surface area contributed by atoms with Gasteiger partial charge in [0.2, 0.25) is 0 Å². The first-order chi connectivity index (χ1) is 10.2. The molecule has 1 aliphatic carbocycles. The van der Waals surface area contributed by atoms with E-state index < -0.39 is 0 Å². The molecule has 1 aromatic rings. The van der Waals surface area contributed by atoms with Crippen LogP contribution in [0.2, 0.25) is 0 Å². The Hall–Kier alpha value is -1.01. The third-order valence-electron chi connectivity index (χ3n) is 4.70. The maximum absolute atomic E-state index is 6.39. The molecule has 1 saturated heterocycles. The Labute approximate surface area is 126 Å². The second kappa shape index (κ2) is 6.40. The van der Waals surface area contributed by atoms with Crippen LogP contribution < -0.4 is 5.73 Å². The highest BCUT2D eigenvalue weighted by atomic mass is 16.7. The van der Waals surface area contributed by atoms with E-state index >= 15 is 0 Å². The molecule has 1 spiro atoms. The summed E-state index contributed by atoms with van der Waals surface area (Å²) in [4.78, 5) is 6.52. The van der Waals surface area contributed by atoms with E-state index in [9.17, 15) is 0 Å². The number of nitrogens with two attached hydrogens (primary N) is 1. The summed E-state index contributed by atoms with van der Waals surface area (Å²) in [6.07, 6.45) is 6.42. The van der Waals surface area contributed by atoms with E-state index in [1.54, 1.807) is 0 Å². The lowest BCUT2D eigenvalue weighted by atomic mass is 9.85. The van der Waals surface area contributed by atoms with Crippen molar-refractivity contribution >= 4 is 0 Å². The minimum absolute atomic E-state index is 0.185. The van der Waals surface area contributed by atoms with Gasteiger partial charge < -0.3 is 15.2 Å². The Morgan fingerprint density at radius 2 is 2.05 bits per heavy atom.